The topological polar surface area (TPSA) is 67.4 Å². The first-order chi connectivity index (χ1) is 14.0. The van der Waals surface area contributed by atoms with Crippen LogP contribution in [0.15, 0.2) is 48.5 Å². The van der Waals surface area contributed by atoms with Crippen LogP contribution in [0.5, 0.6) is 5.75 Å². The van der Waals surface area contributed by atoms with Crippen LogP contribution in [0, 0.1) is 0 Å². The van der Waals surface area contributed by atoms with E-state index in [0.29, 0.717) is 29.7 Å². The third-order valence-electron chi connectivity index (χ3n) is 4.24. The number of carbonyl (C=O) groups excluding carboxylic acids is 1. The van der Waals surface area contributed by atoms with Crippen LogP contribution >= 0.6 is 22.9 Å². The van der Waals surface area contributed by atoms with Crippen molar-refractivity contribution in [3.63, 3.8) is 0 Å². The molecule has 0 fully saturated rings. The molecule has 0 atom stereocenters. The summed E-state index contributed by atoms with van der Waals surface area (Å²) in [5, 5.41) is 12.8. The number of aromatic nitrogens is 2. The second-order valence-electron chi connectivity index (χ2n) is 6.55. The van der Waals surface area contributed by atoms with Crippen LogP contribution in [-0.4, -0.2) is 41.2 Å². The molecule has 152 valence electrons. The average Bonchev–Trinajstić information content (AvgIpc) is 3.18. The van der Waals surface area contributed by atoms with Crippen molar-refractivity contribution < 1.29 is 9.53 Å². The number of nitrogens with zero attached hydrogens (tertiary/aromatic N) is 3. The van der Waals surface area contributed by atoms with Gasteiger partial charge in [0.15, 0.2) is 0 Å². The van der Waals surface area contributed by atoms with Gasteiger partial charge in [0.25, 0.3) is 5.91 Å². The first-order valence-corrected chi connectivity index (χ1v) is 10.5. The quantitative estimate of drug-likeness (QED) is 0.540. The Kier molecular flexibility index (Phi) is 7.57. The standard InChI is InChI=1S/C21H23ClN4O2S/c1-3-15-4-8-17(9-5-15)23-20(27)21-25-24-19(29-21)14-26(2)12-13-28-18-10-6-16(22)7-11-18/h4-11H,3,12-14H2,1-2H3,(H,23,27). The number of anilines is 1. The molecule has 0 aliphatic rings. The average molecular weight is 431 g/mol. The summed E-state index contributed by atoms with van der Waals surface area (Å²) in [6.45, 7) is 3.95. The van der Waals surface area contributed by atoms with Gasteiger partial charge in [-0.25, -0.2) is 0 Å². The number of ether oxygens (including phenoxy) is 1. The lowest BCUT2D eigenvalue weighted by molar-refractivity contribution is 0.102. The molecular formula is C21H23ClN4O2S. The van der Waals surface area contributed by atoms with Crippen LogP contribution in [0.3, 0.4) is 0 Å². The van der Waals surface area contributed by atoms with Gasteiger partial charge >= 0.3 is 0 Å². The van der Waals surface area contributed by atoms with Crippen molar-refractivity contribution in [2.45, 2.75) is 19.9 Å². The number of carbonyl (C=O) groups is 1. The first-order valence-electron chi connectivity index (χ1n) is 9.33. The Labute approximate surface area is 179 Å². The number of aryl methyl sites for hydroxylation is 1. The first kappa shape index (κ1) is 21.2. The van der Waals surface area contributed by atoms with E-state index in [0.717, 1.165) is 22.9 Å². The summed E-state index contributed by atoms with van der Waals surface area (Å²) < 4.78 is 5.70. The van der Waals surface area contributed by atoms with Crippen molar-refractivity contribution in [2.24, 2.45) is 0 Å². The molecule has 3 aromatic rings. The number of halogens is 1. The number of benzene rings is 2. The highest BCUT2D eigenvalue weighted by molar-refractivity contribution is 7.13. The van der Waals surface area contributed by atoms with Gasteiger partial charge < -0.3 is 10.1 Å². The molecule has 1 aromatic heterocycles. The maximum absolute atomic E-state index is 12.4. The van der Waals surface area contributed by atoms with Crippen LogP contribution in [0.2, 0.25) is 5.02 Å². The number of hydrogen-bond donors (Lipinski definition) is 1. The highest BCUT2D eigenvalue weighted by Crippen LogP contribution is 2.17. The molecule has 0 unspecified atom stereocenters. The molecule has 0 saturated heterocycles. The summed E-state index contributed by atoms with van der Waals surface area (Å²) in [5.74, 6) is 0.538. The Morgan fingerprint density at radius 3 is 2.55 bits per heavy atom. The van der Waals surface area contributed by atoms with Gasteiger partial charge in [-0.05, 0) is 55.4 Å². The second-order valence-corrected chi connectivity index (χ2v) is 8.04. The zero-order valence-corrected chi connectivity index (χ0v) is 18.0. The molecule has 1 amide bonds. The minimum Gasteiger partial charge on any atom is -0.492 e. The van der Waals surface area contributed by atoms with E-state index in [1.54, 1.807) is 12.1 Å². The molecule has 0 aliphatic carbocycles. The molecule has 1 heterocycles. The van der Waals surface area contributed by atoms with Crippen LogP contribution in [0.25, 0.3) is 0 Å². The predicted octanol–water partition coefficient (Wildman–Crippen LogP) is 4.52. The van der Waals surface area contributed by atoms with E-state index in [1.165, 1.54) is 16.9 Å². The van der Waals surface area contributed by atoms with E-state index in [4.69, 9.17) is 16.3 Å². The number of hydrogen-bond acceptors (Lipinski definition) is 6. The molecule has 0 spiro atoms. The fourth-order valence-corrected chi connectivity index (χ4v) is 3.52. The zero-order chi connectivity index (χ0) is 20.6. The van der Waals surface area contributed by atoms with E-state index in [9.17, 15) is 4.79 Å². The van der Waals surface area contributed by atoms with Gasteiger partial charge in [-0.1, -0.05) is 42.0 Å². The maximum atomic E-state index is 12.4. The van der Waals surface area contributed by atoms with Gasteiger partial charge in [-0.15, -0.1) is 10.2 Å². The third-order valence-corrected chi connectivity index (χ3v) is 5.40. The monoisotopic (exact) mass is 430 g/mol. The highest BCUT2D eigenvalue weighted by atomic mass is 35.5. The summed E-state index contributed by atoms with van der Waals surface area (Å²) in [5.41, 5.74) is 1.98. The van der Waals surface area contributed by atoms with E-state index in [2.05, 4.69) is 27.3 Å². The minimum absolute atomic E-state index is 0.244. The van der Waals surface area contributed by atoms with Crippen LogP contribution in [0.1, 0.15) is 27.3 Å². The summed E-state index contributed by atoms with van der Waals surface area (Å²) >= 11 is 7.16. The maximum Gasteiger partial charge on any atom is 0.286 e. The molecule has 0 saturated carbocycles. The molecule has 2 aromatic carbocycles. The summed E-state index contributed by atoms with van der Waals surface area (Å²) in [7, 11) is 1.97. The van der Waals surface area contributed by atoms with Gasteiger partial charge in [-0.2, -0.15) is 0 Å². The fraction of sp³-hybridized carbons (Fsp3) is 0.286. The lowest BCUT2D eigenvalue weighted by Gasteiger charge is -2.15. The molecular weight excluding hydrogens is 408 g/mol. The molecule has 1 N–H and O–H groups in total. The molecule has 0 bridgehead atoms. The third kappa shape index (κ3) is 6.52. The van der Waals surface area contributed by atoms with Crippen molar-refractivity contribution in [3.05, 3.63) is 69.1 Å². The van der Waals surface area contributed by atoms with E-state index < -0.39 is 0 Å². The number of likely N-dealkylation sites (N-methyl/N-ethyl adjacent to an activating group) is 1. The Balaban J connectivity index is 1.45. The van der Waals surface area contributed by atoms with Crippen molar-refractivity contribution in [1.29, 1.82) is 0 Å². The van der Waals surface area contributed by atoms with Gasteiger partial charge in [0.2, 0.25) is 5.01 Å². The number of nitrogens with one attached hydrogen (secondary N) is 1. The fourth-order valence-electron chi connectivity index (χ4n) is 2.58. The largest absolute Gasteiger partial charge is 0.492 e. The van der Waals surface area contributed by atoms with Crippen molar-refractivity contribution in [1.82, 2.24) is 15.1 Å². The molecule has 6 nitrogen and oxygen atoms in total. The van der Waals surface area contributed by atoms with Crippen molar-refractivity contribution in [2.75, 3.05) is 25.5 Å². The Hall–Kier alpha value is -2.48. The SMILES string of the molecule is CCc1ccc(NC(=O)c2nnc(CN(C)CCOc3ccc(Cl)cc3)s2)cc1. The van der Waals surface area contributed by atoms with Gasteiger partial charge in [-0.3, -0.25) is 9.69 Å². The molecule has 29 heavy (non-hydrogen) atoms. The van der Waals surface area contributed by atoms with Crippen LogP contribution in [-0.2, 0) is 13.0 Å². The number of amides is 1. The normalized spacial score (nSPS) is 10.9. The van der Waals surface area contributed by atoms with Gasteiger partial charge in [0, 0.05) is 17.3 Å². The number of rotatable bonds is 9. The van der Waals surface area contributed by atoms with Gasteiger partial charge in [0.1, 0.15) is 17.4 Å². The molecule has 3 rings (SSSR count). The Morgan fingerprint density at radius 2 is 1.86 bits per heavy atom. The molecule has 8 heteroatoms. The zero-order valence-electron chi connectivity index (χ0n) is 16.4. The van der Waals surface area contributed by atoms with Crippen molar-refractivity contribution in [3.8, 4) is 5.75 Å². The Morgan fingerprint density at radius 1 is 1.14 bits per heavy atom. The van der Waals surface area contributed by atoms with E-state index in [1.807, 2.05) is 43.4 Å². The van der Waals surface area contributed by atoms with Crippen LogP contribution in [0.4, 0.5) is 5.69 Å². The van der Waals surface area contributed by atoms with E-state index >= 15 is 0 Å². The second kappa shape index (κ2) is 10.3. The highest BCUT2D eigenvalue weighted by Gasteiger charge is 2.14. The minimum atomic E-state index is -0.244. The Bertz CT molecular complexity index is 929. The van der Waals surface area contributed by atoms with Gasteiger partial charge in [0.05, 0.1) is 6.54 Å². The lowest BCUT2D eigenvalue weighted by atomic mass is 10.1. The summed E-state index contributed by atoms with van der Waals surface area (Å²) in [4.78, 5) is 14.4. The van der Waals surface area contributed by atoms with Crippen molar-refractivity contribution >= 4 is 34.5 Å². The predicted molar refractivity (Wildman–Crippen MR) is 117 cm³/mol. The molecule has 0 radical (unpaired) electrons. The van der Waals surface area contributed by atoms with E-state index in [-0.39, 0.29) is 5.91 Å². The summed E-state index contributed by atoms with van der Waals surface area (Å²) in [6.07, 6.45) is 0.965. The van der Waals surface area contributed by atoms with Crippen LogP contribution < -0.4 is 10.1 Å². The summed E-state index contributed by atoms with van der Waals surface area (Å²) in [6, 6.07) is 15.1. The molecule has 0 aliphatic heterocycles. The smallest absolute Gasteiger partial charge is 0.286 e. The lowest BCUT2D eigenvalue weighted by Crippen LogP contribution is -2.23.